The highest BCUT2D eigenvalue weighted by Gasteiger charge is 2.36. The van der Waals surface area contributed by atoms with Crippen molar-refractivity contribution in [2.45, 2.75) is 71.5 Å². The summed E-state index contributed by atoms with van der Waals surface area (Å²) >= 11 is 0. The summed E-state index contributed by atoms with van der Waals surface area (Å²) in [6, 6.07) is 0. The van der Waals surface area contributed by atoms with E-state index in [1.165, 1.54) is 12.1 Å². The molecule has 0 aromatic carbocycles. The molecular formula is C12H24N2. The van der Waals surface area contributed by atoms with E-state index in [1.807, 2.05) is 0 Å². The SMILES string of the molecule is CCC1=NC(C)(CC)NC(C)(CC)C1. The molecule has 1 rings (SSSR count). The fourth-order valence-electron chi connectivity index (χ4n) is 2.15. The second-order valence-electron chi connectivity index (χ2n) is 4.87. The number of nitrogens with one attached hydrogen (secondary N) is 1. The quantitative estimate of drug-likeness (QED) is 0.737. The summed E-state index contributed by atoms with van der Waals surface area (Å²) < 4.78 is 0. The largest absolute Gasteiger partial charge is 0.288 e. The van der Waals surface area contributed by atoms with E-state index in [9.17, 15) is 0 Å². The van der Waals surface area contributed by atoms with Gasteiger partial charge in [0.1, 0.15) is 5.66 Å². The first-order valence-corrected chi connectivity index (χ1v) is 5.84. The smallest absolute Gasteiger partial charge is 0.107 e. The molecule has 14 heavy (non-hydrogen) atoms. The number of hydrogen-bond donors (Lipinski definition) is 1. The Morgan fingerprint density at radius 3 is 2.29 bits per heavy atom. The van der Waals surface area contributed by atoms with Crippen LogP contribution in [0.1, 0.15) is 60.3 Å². The average molecular weight is 196 g/mol. The van der Waals surface area contributed by atoms with Crippen LogP contribution in [0.4, 0.5) is 0 Å². The number of nitrogens with zero attached hydrogens (tertiary/aromatic N) is 1. The van der Waals surface area contributed by atoms with Crippen LogP contribution >= 0.6 is 0 Å². The average Bonchev–Trinajstić information content (AvgIpc) is 2.17. The van der Waals surface area contributed by atoms with Crippen molar-refractivity contribution in [1.29, 1.82) is 0 Å². The van der Waals surface area contributed by atoms with Gasteiger partial charge in [-0.15, -0.1) is 0 Å². The Balaban J connectivity index is 2.92. The van der Waals surface area contributed by atoms with E-state index >= 15 is 0 Å². The zero-order valence-corrected chi connectivity index (χ0v) is 10.3. The van der Waals surface area contributed by atoms with Crippen molar-refractivity contribution in [2.24, 2.45) is 4.99 Å². The highest BCUT2D eigenvalue weighted by molar-refractivity contribution is 5.86. The standard InChI is InChI=1S/C12H24N2/c1-6-10-9-11(4,7-2)14-12(5,8-3)13-10/h14H,6-9H2,1-5H3. The predicted octanol–water partition coefficient (Wildman–Crippen LogP) is 3.13. The fraction of sp³-hybridized carbons (Fsp3) is 0.917. The van der Waals surface area contributed by atoms with Gasteiger partial charge in [0, 0.05) is 17.7 Å². The third-order valence-electron chi connectivity index (χ3n) is 3.45. The van der Waals surface area contributed by atoms with Crippen LogP contribution in [-0.4, -0.2) is 16.9 Å². The van der Waals surface area contributed by atoms with E-state index in [2.05, 4.69) is 39.9 Å². The molecule has 0 bridgehead atoms. The van der Waals surface area contributed by atoms with Gasteiger partial charge < -0.3 is 0 Å². The molecule has 0 aromatic rings. The molecule has 0 aliphatic carbocycles. The van der Waals surface area contributed by atoms with Crippen molar-refractivity contribution in [1.82, 2.24) is 5.32 Å². The Labute approximate surface area is 88.2 Å². The molecular weight excluding hydrogens is 172 g/mol. The van der Waals surface area contributed by atoms with Gasteiger partial charge >= 0.3 is 0 Å². The minimum Gasteiger partial charge on any atom is -0.288 e. The minimum atomic E-state index is -0.0334. The van der Waals surface area contributed by atoms with E-state index in [0.29, 0.717) is 0 Å². The molecule has 2 heteroatoms. The van der Waals surface area contributed by atoms with Crippen LogP contribution in [0.5, 0.6) is 0 Å². The third-order valence-corrected chi connectivity index (χ3v) is 3.45. The van der Waals surface area contributed by atoms with E-state index in [-0.39, 0.29) is 11.2 Å². The molecule has 1 heterocycles. The topological polar surface area (TPSA) is 24.4 Å². The van der Waals surface area contributed by atoms with Crippen molar-refractivity contribution in [3.05, 3.63) is 0 Å². The Bertz CT molecular complexity index is 234. The molecule has 2 unspecified atom stereocenters. The van der Waals surface area contributed by atoms with Crippen molar-refractivity contribution >= 4 is 5.71 Å². The molecule has 0 saturated carbocycles. The lowest BCUT2D eigenvalue weighted by molar-refractivity contribution is 0.214. The van der Waals surface area contributed by atoms with Gasteiger partial charge in [0.2, 0.25) is 0 Å². The number of aliphatic imine (C=N–C) groups is 1. The molecule has 0 saturated heterocycles. The second kappa shape index (κ2) is 4.01. The molecule has 2 nitrogen and oxygen atoms in total. The van der Waals surface area contributed by atoms with Gasteiger partial charge in [0.05, 0.1) is 0 Å². The lowest BCUT2D eigenvalue weighted by atomic mass is 9.86. The summed E-state index contributed by atoms with van der Waals surface area (Å²) in [7, 11) is 0. The van der Waals surface area contributed by atoms with Crippen molar-refractivity contribution in [2.75, 3.05) is 0 Å². The molecule has 0 fully saturated rings. The molecule has 1 aliphatic rings. The van der Waals surface area contributed by atoms with E-state index in [1.54, 1.807) is 0 Å². The van der Waals surface area contributed by atoms with Crippen LogP contribution < -0.4 is 5.32 Å². The minimum absolute atomic E-state index is 0.0334. The van der Waals surface area contributed by atoms with E-state index < -0.39 is 0 Å². The number of rotatable bonds is 3. The third kappa shape index (κ3) is 2.35. The first kappa shape index (κ1) is 11.7. The van der Waals surface area contributed by atoms with Gasteiger partial charge in [-0.25, -0.2) is 0 Å². The first-order valence-electron chi connectivity index (χ1n) is 5.84. The van der Waals surface area contributed by atoms with Crippen LogP contribution in [0.15, 0.2) is 4.99 Å². The van der Waals surface area contributed by atoms with Gasteiger partial charge in [-0.2, -0.15) is 0 Å². The summed E-state index contributed by atoms with van der Waals surface area (Å²) in [5.41, 5.74) is 1.59. The molecule has 0 spiro atoms. The maximum atomic E-state index is 4.80. The maximum absolute atomic E-state index is 4.80. The lowest BCUT2D eigenvalue weighted by Gasteiger charge is -2.43. The Morgan fingerprint density at radius 1 is 1.21 bits per heavy atom. The molecule has 1 aliphatic heterocycles. The van der Waals surface area contributed by atoms with E-state index in [4.69, 9.17) is 4.99 Å². The maximum Gasteiger partial charge on any atom is 0.107 e. The lowest BCUT2D eigenvalue weighted by Crippen LogP contribution is -2.58. The zero-order chi connectivity index (χ0) is 10.8. The van der Waals surface area contributed by atoms with Crippen LogP contribution in [0, 0.1) is 0 Å². The van der Waals surface area contributed by atoms with Gasteiger partial charge in [0.15, 0.2) is 0 Å². The molecule has 0 radical (unpaired) electrons. The van der Waals surface area contributed by atoms with Crippen LogP contribution in [0.2, 0.25) is 0 Å². The van der Waals surface area contributed by atoms with Gasteiger partial charge in [0.25, 0.3) is 0 Å². The molecule has 1 N–H and O–H groups in total. The Morgan fingerprint density at radius 2 is 1.86 bits per heavy atom. The summed E-state index contributed by atoms with van der Waals surface area (Å²) in [6.07, 6.45) is 4.43. The first-order chi connectivity index (χ1) is 6.47. The van der Waals surface area contributed by atoms with Crippen molar-refractivity contribution in [3.8, 4) is 0 Å². The summed E-state index contributed by atoms with van der Waals surface area (Å²) in [6.45, 7) is 11.2. The highest BCUT2D eigenvalue weighted by Crippen LogP contribution is 2.28. The van der Waals surface area contributed by atoms with Crippen LogP contribution in [0.25, 0.3) is 0 Å². The Hall–Kier alpha value is -0.370. The summed E-state index contributed by atoms with van der Waals surface area (Å²) in [5.74, 6) is 0. The predicted molar refractivity (Wildman–Crippen MR) is 62.9 cm³/mol. The molecule has 2 atom stereocenters. The molecule has 0 amide bonds. The van der Waals surface area contributed by atoms with Crippen molar-refractivity contribution < 1.29 is 0 Å². The van der Waals surface area contributed by atoms with Crippen LogP contribution in [-0.2, 0) is 0 Å². The monoisotopic (exact) mass is 196 g/mol. The van der Waals surface area contributed by atoms with Gasteiger partial charge in [-0.1, -0.05) is 20.8 Å². The number of hydrogen-bond acceptors (Lipinski definition) is 2. The Kier molecular flexibility index (Phi) is 3.36. The second-order valence-corrected chi connectivity index (χ2v) is 4.87. The fourth-order valence-corrected chi connectivity index (χ4v) is 2.15. The molecule has 0 aromatic heterocycles. The zero-order valence-electron chi connectivity index (χ0n) is 10.3. The van der Waals surface area contributed by atoms with E-state index in [0.717, 1.165) is 19.3 Å². The van der Waals surface area contributed by atoms with Gasteiger partial charge in [-0.3, -0.25) is 10.3 Å². The van der Waals surface area contributed by atoms with Crippen molar-refractivity contribution in [3.63, 3.8) is 0 Å². The normalized spacial score (nSPS) is 38.2. The highest BCUT2D eigenvalue weighted by atomic mass is 15.2. The summed E-state index contributed by atoms with van der Waals surface area (Å²) in [4.78, 5) is 4.80. The van der Waals surface area contributed by atoms with Gasteiger partial charge in [-0.05, 0) is 33.1 Å². The van der Waals surface area contributed by atoms with Crippen LogP contribution in [0.3, 0.4) is 0 Å². The molecule has 82 valence electrons. The summed E-state index contributed by atoms with van der Waals surface area (Å²) in [5, 5.41) is 3.68.